The van der Waals surface area contributed by atoms with E-state index in [-0.39, 0.29) is 5.78 Å². The molecule has 0 bridgehead atoms. The molecule has 1 heteroatoms. The maximum atomic E-state index is 11.9. The number of allylic oxidation sites excluding steroid dienone is 8. The minimum atomic E-state index is 0.249. The molecule has 72 valence electrons. The molecule has 0 fully saturated rings. The second-order valence-corrected chi connectivity index (χ2v) is 3.65. The van der Waals surface area contributed by atoms with Crippen molar-refractivity contribution in [2.75, 3.05) is 0 Å². The molecule has 0 heterocycles. The highest BCUT2D eigenvalue weighted by Gasteiger charge is 2.15. The quantitative estimate of drug-likeness (QED) is 0.647. The first-order valence-corrected chi connectivity index (χ1v) is 5.14. The van der Waals surface area contributed by atoms with Gasteiger partial charge in [0.25, 0.3) is 0 Å². The highest BCUT2D eigenvalue weighted by molar-refractivity contribution is 6.08. The molecule has 0 radical (unpaired) electrons. The number of rotatable bonds is 2. The molecule has 1 nitrogen and oxygen atoms in total. The first kappa shape index (κ1) is 9.20. The van der Waals surface area contributed by atoms with Crippen LogP contribution in [0.3, 0.4) is 0 Å². The van der Waals surface area contributed by atoms with Crippen molar-refractivity contribution < 1.29 is 4.79 Å². The van der Waals surface area contributed by atoms with Crippen molar-refractivity contribution >= 4 is 5.78 Å². The summed E-state index contributed by atoms with van der Waals surface area (Å²) in [6.07, 6.45) is 15.9. The van der Waals surface area contributed by atoms with Crippen molar-refractivity contribution in [3.8, 4) is 0 Å². The number of ketones is 1. The molecule has 0 unspecified atom stereocenters. The molecule has 0 aliphatic heterocycles. The fraction of sp³-hybridized carbons (Fsp3) is 0.308. The summed E-state index contributed by atoms with van der Waals surface area (Å²) in [5, 5.41) is 0. The van der Waals surface area contributed by atoms with Crippen molar-refractivity contribution in [1.82, 2.24) is 0 Å². The van der Waals surface area contributed by atoms with Crippen molar-refractivity contribution in [1.29, 1.82) is 0 Å². The topological polar surface area (TPSA) is 17.1 Å². The van der Waals surface area contributed by atoms with Crippen LogP contribution in [0.1, 0.15) is 25.7 Å². The van der Waals surface area contributed by atoms with Crippen molar-refractivity contribution in [3.63, 3.8) is 0 Å². The number of Topliss-reactive ketones (excluding diaryl/α,β-unsaturated/α-hetero) is 1. The molecule has 0 amide bonds. The van der Waals surface area contributed by atoms with Gasteiger partial charge in [-0.1, -0.05) is 36.5 Å². The molecule has 0 aromatic heterocycles. The Kier molecular flexibility index (Phi) is 2.78. The third-order valence-corrected chi connectivity index (χ3v) is 2.61. The van der Waals surface area contributed by atoms with Crippen LogP contribution in [-0.4, -0.2) is 5.78 Å². The highest BCUT2D eigenvalue weighted by atomic mass is 16.1. The average molecular weight is 186 g/mol. The van der Waals surface area contributed by atoms with Gasteiger partial charge in [0.15, 0.2) is 5.78 Å². The third kappa shape index (κ3) is 1.92. The van der Waals surface area contributed by atoms with Crippen molar-refractivity contribution in [2.45, 2.75) is 25.7 Å². The van der Waals surface area contributed by atoms with Crippen LogP contribution in [0, 0.1) is 0 Å². The normalized spacial score (nSPS) is 20.3. The summed E-state index contributed by atoms with van der Waals surface area (Å²) in [6.45, 7) is 0. The number of carbonyl (C=O) groups is 1. The Morgan fingerprint density at radius 3 is 1.79 bits per heavy atom. The van der Waals surface area contributed by atoms with E-state index < -0.39 is 0 Å². The van der Waals surface area contributed by atoms with E-state index in [0.29, 0.717) is 0 Å². The molecule has 0 spiro atoms. The summed E-state index contributed by atoms with van der Waals surface area (Å²) in [6, 6.07) is 0. The summed E-state index contributed by atoms with van der Waals surface area (Å²) in [5.74, 6) is 0.249. The predicted molar refractivity (Wildman–Crippen MR) is 57.9 cm³/mol. The van der Waals surface area contributed by atoms with Gasteiger partial charge in [0.1, 0.15) is 0 Å². The molecular weight excluding hydrogens is 172 g/mol. The highest BCUT2D eigenvalue weighted by Crippen LogP contribution is 2.21. The molecule has 0 saturated heterocycles. The zero-order valence-electron chi connectivity index (χ0n) is 8.20. The Hall–Kier alpha value is -1.37. The van der Waals surface area contributed by atoms with Gasteiger partial charge in [-0.2, -0.15) is 0 Å². The minimum Gasteiger partial charge on any atom is -0.289 e. The van der Waals surface area contributed by atoms with Crippen molar-refractivity contribution in [3.05, 3.63) is 47.6 Å². The SMILES string of the molecule is O=C(C1=CC=CCC1)C1=CC=CCC1. The largest absolute Gasteiger partial charge is 0.289 e. The molecule has 0 N–H and O–H groups in total. The molecule has 2 rings (SSSR count). The third-order valence-electron chi connectivity index (χ3n) is 2.61. The van der Waals surface area contributed by atoms with Gasteiger partial charge in [0, 0.05) is 11.1 Å². The van der Waals surface area contributed by atoms with E-state index in [1.54, 1.807) is 0 Å². The number of hydrogen-bond donors (Lipinski definition) is 0. The lowest BCUT2D eigenvalue weighted by Gasteiger charge is -2.11. The Morgan fingerprint density at radius 2 is 1.43 bits per heavy atom. The Balaban J connectivity index is 2.14. The lowest BCUT2D eigenvalue weighted by Crippen LogP contribution is -2.08. The van der Waals surface area contributed by atoms with Gasteiger partial charge >= 0.3 is 0 Å². The summed E-state index contributed by atoms with van der Waals surface area (Å²) >= 11 is 0. The first-order valence-electron chi connectivity index (χ1n) is 5.14. The second-order valence-electron chi connectivity index (χ2n) is 3.65. The zero-order valence-corrected chi connectivity index (χ0v) is 8.20. The van der Waals surface area contributed by atoms with Crippen LogP contribution < -0.4 is 0 Å². The summed E-state index contributed by atoms with van der Waals surface area (Å²) in [7, 11) is 0. The van der Waals surface area contributed by atoms with Gasteiger partial charge in [0.05, 0.1) is 0 Å². The summed E-state index contributed by atoms with van der Waals surface area (Å²) in [5.41, 5.74) is 1.93. The predicted octanol–water partition coefficient (Wildman–Crippen LogP) is 3.11. The van der Waals surface area contributed by atoms with E-state index in [1.807, 2.05) is 24.3 Å². The van der Waals surface area contributed by atoms with Gasteiger partial charge < -0.3 is 0 Å². The number of carbonyl (C=O) groups excluding carboxylic acids is 1. The Morgan fingerprint density at radius 1 is 0.929 bits per heavy atom. The van der Waals surface area contributed by atoms with Gasteiger partial charge in [-0.3, -0.25) is 4.79 Å². The average Bonchev–Trinajstić information content (AvgIpc) is 2.30. The molecule has 2 aliphatic carbocycles. The van der Waals surface area contributed by atoms with Crippen LogP contribution in [0.2, 0.25) is 0 Å². The Labute approximate surface area is 84.5 Å². The van der Waals surface area contributed by atoms with Crippen LogP contribution in [0.5, 0.6) is 0 Å². The first-order chi connectivity index (χ1) is 6.88. The lowest BCUT2D eigenvalue weighted by molar-refractivity contribution is -0.112. The zero-order chi connectivity index (χ0) is 9.80. The van der Waals surface area contributed by atoms with Gasteiger partial charge in [-0.25, -0.2) is 0 Å². The standard InChI is InChI=1S/C13H14O/c14-13(11-7-3-1-4-8-11)12-9-5-2-6-10-12/h1-3,5,7,9H,4,6,8,10H2. The number of hydrogen-bond acceptors (Lipinski definition) is 1. The smallest absolute Gasteiger partial charge is 0.185 e. The van der Waals surface area contributed by atoms with Crippen LogP contribution in [0.25, 0.3) is 0 Å². The van der Waals surface area contributed by atoms with E-state index in [2.05, 4.69) is 12.2 Å². The van der Waals surface area contributed by atoms with Crippen LogP contribution in [0.4, 0.5) is 0 Å². The fourth-order valence-corrected chi connectivity index (χ4v) is 1.79. The molecule has 0 aromatic carbocycles. The maximum absolute atomic E-state index is 11.9. The minimum absolute atomic E-state index is 0.249. The second kappa shape index (κ2) is 4.23. The van der Waals surface area contributed by atoms with Gasteiger partial charge in [-0.15, -0.1) is 0 Å². The molecular formula is C13H14O. The lowest BCUT2D eigenvalue weighted by atomic mass is 9.92. The molecule has 0 saturated carbocycles. The fourth-order valence-electron chi connectivity index (χ4n) is 1.79. The molecule has 0 aromatic rings. The van der Waals surface area contributed by atoms with E-state index in [4.69, 9.17) is 0 Å². The maximum Gasteiger partial charge on any atom is 0.185 e. The van der Waals surface area contributed by atoms with Crippen LogP contribution >= 0.6 is 0 Å². The molecule has 2 aliphatic rings. The van der Waals surface area contributed by atoms with Gasteiger partial charge in [-0.05, 0) is 25.7 Å². The summed E-state index contributed by atoms with van der Waals surface area (Å²) in [4.78, 5) is 11.9. The van der Waals surface area contributed by atoms with E-state index in [0.717, 1.165) is 36.8 Å². The van der Waals surface area contributed by atoms with E-state index >= 15 is 0 Å². The van der Waals surface area contributed by atoms with Crippen LogP contribution in [0.15, 0.2) is 47.6 Å². The summed E-state index contributed by atoms with van der Waals surface area (Å²) < 4.78 is 0. The monoisotopic (exact) mass is 186 g/mol. The molecule has 0 atom stereocenters. The molecule has 14 heavy (non-hydrogen) atoms. The van der Waals surface area contributed by atoms with Gasteiger partial charge in [0.2, 0.25) is 0 Å². The Bertz CT molecular complexity index is 319. The van der Waals surface area contributed by atoms with Crippen LogP contribution in [-0.2, 0) is 4.79 Å². The van der Waals surface area contributed by atoms with E-state index in [1.165, 1.54) is 0 Å². The van der Waals surface area contributed by atoms with Crippen molar-refractivity contribution in [2.24, 2.45) is 0 Å². The van der Waals surface area contributed by atoms with E-state index in [9.17, 15) is 4.79 Å².